The summed E-state index contributed by atoms with van der Waals surface area (Å²) in [4.78, 5) is 0. The van der Waals surface area contributed by atoms with E-state index in [0.29, 0.717) is 12.5 Å². The number of hydrogen-bond acceptors (Lipinski definition) is 2. The van der Waals surface area contributed by atoms with Crippen molar-refractivity contribution in [1.82, 2.24) is 0 Å². The van der Waals surface area contributed by atoms with Crippen LogP contribution in [0.4, 0.5) is 0 Å². The molecule has 68 valence electrons. The monoisotopic (exact) mass is 186 g/mol. The Kier molecular flexibility index (Phi) is 5.79. The predicted molar refractivity (Wildman–Crippen MR) is 52.0 cm³/mol. The summed E-state index contributed by atoms with van der Waals surface area (Å²) in [5.41, 5.74) is 7.16. The molecule has 0 amide bonds. The molecule has 2 N–H and O–H groups in total. The maximum absolute atomic E-state index is 8.33. The average Bonchev–Trinajstić information content (AvgIpc) is 2.04. The maximum Gasteiger partial charge on any atom is 0.0663 e. The van der Waals surface area contributed by atoms with Gasteiger partial charge in [0.2, 0.25) is 0 Å². The van der Waals surface area contributed by atoms with E-state index < -0.39 is 0 Å². The summed E-state index contributed by atoms with van der Waals surface area (Å²) in [6.45, 7) is 0. The molecule has 1 rings (SSSR count). The topological polar surface area (TPSA) is 49.8 Å². The van der Waals surface area contributed by atoms with Gasteiger partial charge in [0.25, 0.3) is 0 Å². The minimum absolute atomic E-state index is 0. The largest absolute Gasteiger partial charge is 0.328 e. The van der Waals surface area contributed by atoms with E-state index >= 15 is 0 Å². The summed E-state index contributed by atoms with van der Waals surface area (Å²) in [6.07, 6.45) is 7.00. The van der Waals surface area contributed by atoms with Gasteiger partial charge in [-0.3, -0.25) is 0 Å². The standard InChI is InChI=1S/C9H14N2.ClH/c10-7-1-2-8-3-5-9(11)6-4-8;/h2,9H,1,3-6,11H2;1H. The van der Waals surface area contributed by atoms with Crippen molar-refractivity contribution in [2.75, 3.05) is 0 Å². The van der Waals surface area contributed by atoms with Crippen LogP contribution in [-0.4, -0.2) is 6.04 Å². The number of hydrogen-bond donors (Lipinski definition) is 1. The molecule has 1 fully saturated rings. The van der Waals surface area contributed by atoms with Gasteiger partial charge in [-0.25, -0.2) is 0 Å². The van der Waals surface area contributed by atoms with E-state index in [9.17, 15) is 0 Å². The second-order valence-electron chi connectivity index (χ2n) is 3.06. The first kappa shape index (κ1) is 11.5. The Morgan fingerprint density at radius 1 is 1.50 bits per heavy atom. The molecule has 0 unspecified atom stereocenters. The van der Waals surface area contributed by atoms with Crippen molar-refractivity contribution in [3.05, 3.63) is 11.6 Å². The highest BCUT2D eigenvalue weighted by Crippen LogP contribution is 2.22. The molecule has 2 nitrogen and oxygen atoms in total. The minimum atomic E-state index is 0. The Balaban J connectivity index is 0.00000121. The molecule has 1 saturated carbocycles. The fraction of sp³-hybridized carbons (Fsp3) is 0.667. The first-order valence-corrected chi connectivity index (χ1v) is 4.13. The van der Waals surface area contributed by atoms with Crippen molar-refractivity contribution in [3.8, 4) is 6.07 Å². The summed E-state index contributed by atoms with van der Waals surface area (Å²) in [5.74, 6) is 0. The van der Waals surface area contributed by atoms with Crippen molar-refractivity contribution in [2.24, 2.45) is 5.73 Å². The van der Waals surface area contributed by atoms with Gasteiger partial charge < -0.3 is 5.73 Å². The smallest absolute Gasteiger partial charge is 0.0663 e. The Hall–Kier alpha value is -0.520. The van der Waals surface area contributed by atoms with E-state index in [1.165, 1.54) is 5.57 Å². The zero-order chi connectivity index (χ0) is 8.10. The molecule has 1 aliphatic rings. The SMILES string of the molecule is Cl.N#CCC=C1CCC(N)CC1. The van der Waals surface area contributed by atoms with Crippen LogP contribution in [0.5, 0.6) is 0 Å². The maximum atomic E-state index is 8.33. The van der Waals surface area contributed by atoms with Gasteiger partial charge in [0.15, 0.2) is 0 Å². The molecule has 0 spiro atoms. The minimum Gasteiger partial charge on any atom is -0.328 e. The normalized spacial score (nSPS) is 22.3. The number of allylic oxidation sites excluding steroid dienone is 2. The number of nitrogens with two attached hydrogens (primary N) is 1. The fourth-order valence-corrected chi connectivity index (χ4v) is 1.41. The molecule has 0 heterocycles. The molecule has 0 aromatic rings. The summed E-state index contributed by atoms with van der Waals surface area (Å²) in [5, 5.41) is 8.33. The molecule has 12 heavy (non-hydrogen) atoms. The molecule has 1 aliphatic carbocycles. The highest BCUT2D eigenvalue weighted by Gasteiger charge is 2.11. The van der Waals surface area contributed by atoms with Crippen LogP contribution < -0.4 is 5.73 Å². The van der Waals surface area contributed by atoms with Crippen molar-refractivity contribution in [1.29, 1.82) is 5.26 Å². The lowest BCUT2D eigenvalue weighted by molar-refractivity contribution is 0.510. The predicted octanol–water partition coefficient (Wildman–Crippen LogP) is 2.15. The molecule has 0 radical (unpaired) electrons. The number of nitriles is 1. The van der Waals surface area contributed by atoms with Gasteiger partial charge in [-0.2, -0.15) is 5.26 Å². The van der Waals surface area contributed by atoms with Gasteiger partial charge in [-0.05, 0) is 25.7 Å². The molecule has 0 aliphatic heterocycles. The van der Waals surface area contributed by atoms with Crippen molar-refractivity contribution < 1.29 is 0 Å². The molecule has 0 atom stereocenters. The summed E-state index contributed by atoms with van der Waals surface area (Å²) < 4.78 is 0. The molecule has 0 saturated heterocycles. The first-order valence-electron chi connectivity index (χ1n) is 4.13. The van der Waals surface area contributed by atoms with Gasteiger partial charge in [0.1, 0.15) is 0 Å². The van der Waals surface area contributed by atoms with Gasteiger partial charge in [0.05, 0.1) is 12.5 Å². The van der Waals surface area contributed by atoms with Crippen molar-refractivity contribution >= 4 is 12.4 Å². The second kappa shape index (κ2) is 6.05. The number of nitrogens with zero attached hydrogens (tertiary/aromatic N) is 1. The van der Waals surface area contributed by atoms with Crippen LogP contribution in [0.3, 0.4) is 0 Å². The Labute approximate surface area is 79.8 Å². The zero-order valence-electron chi connectivity index (χ0n) is 7.12. The molecule has 3 heteroatoms. The number of rotatable bonds is 1. The van der Waals surface area contributed by atoms with Crippen molar-refractivity contribution in [2.45, 2.75) is 38.1 Å². The summed E-state index contributed by atoms with van der Waals surface area (Å²) in [7, 11) is 0. The summed E-state index contributed by atoms with van der Waals surface area (Å²) in [6, 6.07) is 2.52. The lowest BCUT2D eigenvalue weighted by Gasteiger charge is -2.19. The molecular formula is C9H15ClN2. The second-order valence-corrected chi connectivity index (χ2v) is 3.06. The van der Waals surface area contributed by atoms with Crippen LogP contribution in [-0.2, 0) is 0 Å². The van der Waals surface area contributed by atoms with E-state index in [2.05, 4.69) is 6.07 Å². The highest BCUT2D eigenvalue weighted by molar-refractivity contribution is 5.85. The number of halogens is 1. The van der Waals surface area contributed by atoms with Crippen LogP contribution in [0, 0.1) is 11.3 Å². The highest BCUT2D eigenvalue weighted by atomic mass is 35.5. The quantitative estimate of drug-likeness (QED) is 0.638. The van der Waals surface area contributed by atoms with E-state index in [-0.39, 0.29) is 12.4 Å². The lowest BCUT2D eigenvalue weighted by atomic mass is 9.91. The third-order valence-corrected chi connectivity index (χ3v) is 2.15. The molecule has 0 bridgehead atoms. The van der Waals surface area contributed by atoms with E-state index in [0.717, 1.165) is 25.7 Å². The van der Waals surface area contributed by atoms with E-state index in [4.69, 9.17) is 11.0 Å². The Morgan fingerprint density at radius 3 is 2.58 bits per heavy atom. The Bertz CT molecular complexity index is 183. The van der Waals surface area contributed by atoms with Crippen LogP contribution in [0.2, 0.25) is 0 Å². The average molecular weight is 187 g/mol. The Morgan fingerprint density at radius 2 is 2.08 bits per heavy atom. The molecular weight excluding hydrogens is 172 g/mol. The lowest BCUT2D eigenvalue weighted by Crippen LogP contribution is -2.23. The third-order valence-electron chi connectivity index (χ3n) is 2.15. The molecule has 0 aromatic carbocycles. The van der Waals surface area contributed by atoms with Crippen molar-refractivity contribution in [3.63, 3.8) is 0 Å². The summed E-state index contributed by atoms with van der Waals surface area (Å²) >= 11 is 0. The van der Waals surface area contributed by atoms with Gasteiger partial charge in [-0.1, -0.05) is 11.6 Å². The van der Waals surface area contributed by atoms with Crippen LogP contribution in [0.25, 0.3) is 0 Å². The van der Waals surface area contributed by atoms with Gasteiger partial charge in [0, 0.05) is 6.04 Å². The van der Waals surface area contributed by atoms with E-state index in [1.54, 1.807) is 0 Å². The van der Waals surface area contributed by atoms with Crippen LogP contribution >= 0.6 is 12.4 Å². The van der Waals surface area contributed by atoms with E-state index in [1.807, 2.05) is 6.08 Å². The van der Waals surface area contributed by atoms with Gasteiger partial charge >= 0.3 is 0 Å². The molecule has 0 aromatic heterocycles. The first-order chi connectivity index (χ1) is 5.33. The van der Waals surface area contributed by atoms with Crippen LogP contribution in [0.15, 0.2) is 11.6 Å². The third kappa shape index (κ3) is 3.75. The van der Waals surface area contributed by atoms with Crippen LogP contribution in [0.1, 0.15) is 32.1 Å². The fourth-order valence-electron chi connectivity index (χ4n) is 1.41. The van der Waals surface area contributed by atoms with Gasteiger partial charge in [-0.15, -0.1) is 12.4 Å². The zero-order valence-corrected chi connectivity index (χ0v) is 7.94.